The lowest BCUT2D eigenvalue weighted by Crippen LogP contribution is -2.47. The third kappa shape index (κ3) is 3.11. The Morgan fingerprint density at radius 3 is 2.75 bits per heavy atom. The van der Waals surface area contributed by atoms with Crippen LogP contribution in [0.15, 0.2) is 59.6 Å². The molecule has 4 rings (SSSR count). The molecule has 7 nitrogen and oxygen atoms in total. The average molecular weight is 375 g/mol. The molecule has 0 aliphatic carbocycles. The van der Waals surface area contributed by atoms with E-state index in [9.17, 15) is 9.59 Å². The number of carbonyl (C=O) groups is 2. The maximum absolute atomic E-state index is 12.6. The van der Waals surface area contributed by atoms with Crippen molar-refractivity contribution >= 4 is 34.4 Å². The number of H-pyrrole nitrogens is 1. The Morgan fingerprint density at radius 1 is 1.21 bits per heavy atom. The number of nitrogens with two attached hydrogens (primary N) is 1. The van der Waals surface area contributed by atoms with Gasteiger partial charge in [-0.2, -0.15) is 0 Å². The second-order valence-electron chi connectivity index (χ2n) is 7.18. The minimum absolute atomic E-state index is 0.0949. The van der Waals surface area contributed by atoms with Gasteiger partial charge in [0.15, 0.2) is 5.96 Å². The summed E-state index contributed by atoms with van der Waals surface area (Å²) in [5, 5.41) is 3.88. The van der Waals surface area contributed by atoms with Crippen molar-refractivity contribution < 1.29 is 9.59 Å². The minimum Gasteiger partial charge on any atom is -0.369 e. The molecule has 1 unspecified atom stereocenters. The largest absolute Gasteiger partial charge is 0.369 e. The zero-order valence-corrected chi connectivity index (χ0v) is 15.7. The molecule has 1 aliphatic rings. The van der Waals surface area contributed by atoms with Crippen LogP contribution < -0.4 is 11.1 Å². The minimum atomic E-state index is -0.768. The molecule has 2 heterocycles. The lowest BCUT2D eigenvalue weighted by atomic mass is 9.87. The maximum atomic E-state index is 12.6. The van der Waals surface area contributed by atoms with Crippen molar-refractivity contribution in [2.75, 3.05) is 12.4 Å². The summed E-state index contributed by atoms with van der Waals surface area (Å²) in [5.74, 6) is -0.144. The summed E-state index contributed by atoms with van der Waals surface area (Å²) in [6, 6.07) is 16.9. The van der Waals surface area contributed by atoms with E-state index < -0.39 is 5.54 Å². The van der Waals surface area contributed by atoms with Gasteiger partial charge in [0.05, 0.1) is 12.0 Å². The predicted octanol–water partition coefficient (Wildman–Crippen LogP) is 2.81. The Hall–Kier alpha value is -3.61. The molecule has 0 bridgehead atoms. The number of nitrogens with one attached hydrogen (secondary N) is 2. The van der Waals surface area contributed by atoms with Crippen LogP contribution in [0.3, 0.4) is 0 Å². The molecule has 0 radical (unpaired) electrons. The van der Waals surface area contributed by atoms with Gasteiger partial charge in [-0.25, -0.2) is 4.99 Å². The number of guanidine groups is 1. The van der Waals surface area contributed by atoms with E-state index >= 15 is 0 Å². The number of aromatic amines is 1. The zero-order chi connectivity index (χ0) is 19.9. The molecule has 2 aromatic carbocycles. The first-order valence-electron chi connectivity index (χ1n) is 8.97. The molecule has 0 saturated heterocycles. The number of anilines is 1. The van der Waals surface area contributed by atoms with Crippen molar-refractivity contribution in [3.05, 3.63) is 65.9 Å². The Morgan fingerprint density at radius 2 is 2.00 bits per heavy atom. The van der Waals surface area contributed by atoms with Gasteiger partial charge in [-0.1, -0.05) is 30.3 Å². The van der Waals surface area contributed by atoms with Gasteiger partial charge in [0.2, 0.25) is 5.91 Å². The van der Waals surface area contributed by atoms with Crippen LogP contribution in [0.4, 0.5) is 5.69 Å². The number of aromatic nitrogens is 1. The molecule has 0 spiro atoms. The first kappa shape index (κ1) is 17.8. The van der Waals surface area contributed by atoms with E-state index in [0.29, 0.717) is 11.4 Å². The van der Waals surface area contributed by atoms with Gasteiger partial charge in [-0.05, 0) is 36.8 Å². The van der Waals surface area contributed by atoms with Gasteiger partial charge in [0.25, 0.3) is 5.91 Å². The highest BCUT2D eigenvalue weighted by molar-refractivity contribution is 6.06. The smallest absolute Gasteiger partial charge is 0.272 e. The number of para-hydroxylation sites is 1. The molecule has 28 heavy (non-hydrogen) atoms. The Bertz CT molecular complexity index is 1080. The Labute approximate surface area is 162 Å². The summed E-state index contributed by atoms with van der Waals surface area (Å²) in [6.45, 7) is 1.86. The molecule has 1 atom stereocenters. The van der Waals surface area contributed by atoms with Gasteiger partial charge in [0.1, 0.15) is 5.69 Å². The summed E-state index contributed by atoms with van der Waals surface area (Å²) in [5.41, 5.74) is 7.95. The van der Waals surface area contributed by atoms with Gasteiger partial charge >= 0.3 is 0 Å². The van der Waals surface area contributed by atoms with E-state index in [0.717, 1.165) is 16.5 Å². The highest BCUT2D eigenvalue weighted by Gasteiger charge is 2.36. The van der Waals surface area contributed by atoms with E-state index in [1.54, 1.807) is 13.1 Å². The van der Waals surface area contributed by atoms with Crippen LogP contribution in [0.2, 0.25) is 0 Å². The summed E-state index contributed by atoms with van der Waals surface area (Å²) in [4.78, 5) is 33.8. The molecule has 7 heteroatoms. The van der Waals surface area contributed by atoms with E-state index in [2.05, 4.69) is 15.3 Å². The topological polar surface area (TPSA) is 104 Å². The highest BCUT2D eigenvalue weighted by Crippen LogP contribution is 2.34. The van der Waals surface area contributed by atoms with E-state index in [-0.39, 0.29) is 24.2 Å². The molecule has 2 amide bonds. The van der Waals surface area contributed by atoms with Crippen molar-refractivity contribution in [1.82, 2.24) is 9.88 Å². The van der Waals surface area contributed by atoms with Crippen LogP contribution in [0.25, 0.3) is 10.9 Å². The van der Waals surface area contributed by atoms with Gasteiger partial charge in [0, 0.05) is 23.6 Å². The second kappa shape index (κ2) is 6.53. The lowest BCUT2D eigenvalue weighted by molar-refractivity contribution is -0.128. The lowest BCUT2D eigenvalue weighted by Gasteiger charge is -2.33. The summed E-state index contributed by atoms with van der Waals surface area (Å²) in [6.07, 6.45) is 0.212. The second-order valence-corrected chi connectivity index (χ2v) is 7.18. The SMILES string of the molecule is CN1C(=O)CC(C)(c2cccc(NC(=O)c3cc4ccccc4[nH]3)c2)N=C1N. The van der Waals surface area contributed by atoms with Crippen LogP contribution >= 0.6 is 0 Å². The van der Waals surface area contributed by atoms with E-state index in [1.807, 2.05) is 55.5 Å². The molecule has 1 aromatic heterocycles. The number of rotatable bonds is 3. The third-order valence-corrected chi connectivity index (χ3v) is 5.09. The summed E-state index contributed by atoms with van der Waals surface area (Å²) >= 11 is 0. The predicted molar refractivity (Wildman–Crippen MR) is 109 cm³/mol. The fourth-order valence-corrected chi connectivity index (χ4v) is 3.40. The standard InChI is InChI=1S/C21H21N5O2/c1-21(12-18(27)26(2)20(22)25-21)14-7-5-8-15(11-14)23-19(28)17-10-13-6-3-4-9-16(13)24-17/h3-11,24H,12H2,1-2H3,(H2,22,25)(H,23,28). The van der Waals surface area contributed by atoms with Crippen LogP contribution in [0.1, 0.15) is 29.4 Å². The highest BCUT2D eigenvalue weighted by atomic mass is 16.2. The van der Waals surface area contributed by atoms with Crippen LogP contribution in [0.5, 0.6) is 0 Å². The summed E-state index contributed by atoms with van der Waals surface area (Å²) in [7, 11) is 1.61. The van der Waals surface area contributed by atoms with Crippen LogP contribution in [0, 0.1) is 0 Å². The number of aliphatic imine (C=N–C) groups is 1. The first-order chi connectivity index (χ1) is 13.4. The molecule has 142 valence electrons. The zero-order valence-electron chi connectivity index (χ0n) is 15.7. The molecule has 3 aromatic rings. The monoisotopic (exact) mass is 375 g/mol. The molecule has 0 saturated carbocycles. The van der Waals surface area contributed by atoms with E-state index in [4.69, 9.17) is 5.73 Å². The Balaban J connectivity index is 1.60. The number of carbonyl (C=O) groups excluding carboxylic acids is 2. The fourth-order valence-electron chi connectivity index (χ4n) is 3.40. The summed E-state index contributed by atoms with van der Waals surface area (Å²) < 4.78 is 0. The quantitative estimate of drug-likeness (QED) is 0.656. The molecule has 4 N–H and O–H groups in total. The molecule has 1 aliphatic heterocycles. The fraction of sp³-hybridized carbons (Fsp3) is 0.190. The normalized spacial score (nSPS) is 19.6. The third-order valence-electron chi connectivity index (χ3n) is 5.09. The average Bonchev–Trinajstić information content (AvgIpc) is 3.11. The molecule has 0 fully saturated rings. The maximum Gasteiger partial charge on any atom is 0.272 e. The van der Waals surface area contributed by atoms with Crippen molar-refractivity contribution in [3.8, 4) is 0 Å². The van der Waals surface area contributed by atoms with Crippen LogP contribution in [-0.4, -0.2) is 34.7 Å². The van der Waals surface area contributed by atoms with Crippen LogP contribution in [-0.2, 0) is 10.3 Å². The Kier molecular flexibility index (Phi) is 4.15. The van der Waals surface area contributed by atoms with Crippen molar-refractivity contribution in [3.63, 3.8) is 0 Å². The number of benzene rings is 2. The first-order valence-corrected chi connectivity index (χ1v) is 8.97. The van der Waals surface area contributed by atoms with E-state index in [1.165, 1.54) is 4.90 Å². The number of amides is 2. The van der Waals surface area contributed by atoms with Crippen molar-refractivity contribution in [1.29, 1.82) is 0 Å². The van der Waals surface area contributed by atoms with Gasteiger partial charge in [-0.3, -0.25) is 14.5 Å². The number of fused-ring (bicyclic) bond motifs is 1. The molecular weight excluding hydrogens is 354 g/mol. The number of hydrogen-bond donors (Lipinski definition) is 3. The van der Waals surface area contributed by atoms with Gasteiger partial charge in [-0.15, -0.1) is 0 Å². The number of nitrogens with zero attached hydrogens (tertiary/aromatic N) is 2. The van der Waals surface area contributed by atoms with Crippen molar-refractivity contribution in [2.45, 2.75) is 18.9 Å². The van der Waals surface area contributed by atoms with Gasteiger partial charge < -0.3 is 16.0 Å². The molecular formula is C21H21N5O2. The van der Waals surface area contributed by atoms with Crippen molar-refractivity contribution in [2.24, 2.45) is 10.7 Å². The number of hydrogen-bond acceptors (Lipinski definition) is 4.